The molecule has 1 N–H and O–H groups in total. The normalized spacial score (nSPS) is 12.8. The summed E-state index contributed by atoms with van der Waals surface area (Å²) in [6.07, 6.45) is 0. The maximum Gasteiger partial charge on any atom is 0.266 e. The Bertz CT molecular complexity index is 1420. The summed E-state index contributed by atoms with van der Waals surface area (Å²) >= 11 is 1.54. The van der Waals surface area contributed by atoms with Gasteiger partial charge < -0.3 is 9.73 Å². The first-order valence-electron chi connectivity index (χ1n) is 10.3. The number of carbonyl (C=O) groups excluding carboxylic acids is 3. The van der Waals surface area contributed by atoms with Crippen LogP contribution in [0.1, 0.15) is 47.4 Å². The summed E-state index contributed by atoms with van der Waals surface area (Å²) in [5.41, 5.74) is 2.91. The molecule has 0 atom stereocenters. The lowest BCUT2D eigenvalue weighted by Gasteiger charge is -2.16. The largest absolute Gasteiger partial charge is 0.458 e. The zero-order valence-electron chi connectivity index (χ0n) is 17.9. The van der Waals surface area contributed by atoms with E-state index in [1.54, 1.807) is 24.3 Å². The van der Waals surface area contributed by atoms with Crippen LogP contribution in [0, 0.1) is 13.8 Å². The van der Waals surface area contributed by atoms with Gasteiger partial charge in [0, 0.05) is 10.9 Å². The summed E-state index contributed by atoms with van der Waals surface area (Å²) in [6, 6.07) is 15.3. The minimum atomic E-state index is -0.437. The fraction of sp³-hybridized carbons (Fsp3) is 0.120. The molecule has 0 radical (unpaired) electrons. The summed E-state index contributed by atoms with van der Waals surface area (Å²) in [6.45, 7) is 3.95. The lowest BCUT2D eigenvalue weighted by atomic mass is 10.1. The van der Waals surface area contributed by atoms with Gasteiger partial charge in [0.15, 0.2) is 5.76 Å². The minimum Gasteiger partial charge on any atom is -0.458 e. The molecule has 0 saturated carbocycles. The number of furan rings is 1. The Morgan fingerprint density at radius 2 is 1.82 bits per heavy atom. The molecule has 2 aromatic carbocycles. The first kappa shape index (κ1) is 20.8. The average Bonchev–Trinajstić information content (AvgIpc) is 3.52. The van der Waals surface area contributed by atoms with E-state index in [0.29, 0.717) is 22.8 Å². The third-order valence-electron chi connectivity index (χ3n) is 5.46. The molecule has 1 aliphatic rings. The van der Waals surface area contributed by atoms with Gasteiger partial charge in [-0.3, -0.25) is 14.4 Å². The summed E-state index contributed by atoms with van der Waals surface area (Å²) in [4.78, 5) is 44.1. The van der Waals surface area contributed by atoms with Crippen molar-refractivity contribution in [3.63, 3.8) is 0 Å². The van der Waals surface area contributed by atoms with Crippen molar-refractivity contribution in [2.45, 2.75) is 20.4 Å². The smallest absolute Gasteiger partial charge is 0.266 e. The molecule has 0 spiro atoms. The summed E-state index contributed by atoms with van der Waals surface area (Å²) in [7, 11) is 0. The molecule has 164 valence electrons. The SMILES string of the molecule is Cc1nc(-c2ccc(CNC(=O)c3ccc4c(c3)C(=O)N(c3ccccc3C)C4=O)o2)cs1. The van der Waals surface area contributed by atoms with E-state index >= 15 is 0 Å². The number of para-hydroxylation sites is 1. The standard InChI is InChI=1S/C25H19N3O4S/c1-14-5-3-4-6-21(14)28-24(30)18-9-7-16(11-19(18)25(28)31)23(29)26-12-17-8-10-22(32-17)20-13-33-15(2)27-20/h3-11,13H,12H2,1-2H3,(H,26,29). The molecule has 0 bridgehead atoms. The molecule has 33 heavy (non-hydrogen) atoms. The van der Waals surface area contributed by atoms with Crippen molar-refractivity contribution >= 4 is 34.7 Å². The van der Waals surface area contributed by atoms with Crippen molar-refractivity contribution in [2.75, 3.05) is 4.90 Å². The first-order valence-corrected chi connectivity index (χ1v) is 11.2. The van der Waals surface area contributed by atoms with E-state index in [1.807, 2.05) is 37.4 Å². The van der Waals surface area contributed by atoms with Crippen molar-refractivity contribution in [3.8, 4) is 11.5 Å². The van der Waals surface area contributed by atoms with Gasteiger partial charge in [0.2, 0.25) is 0 Å². The Kier molecular flexibility index (Phi) is 5.14. The number of hydrogen-bond donors (Lipinski definition) is 1. The van der Waals surface area contributed by atoms with Crippen LogP contribution in [0.2, 0.25) is 0 Å². The van der Waals surface area contributed by atoms with Gasteiger partial charge in [0.1, 0.15) is 11.5 Å². The summed E-state index contributed by atoms with van der Waals surface area (Å²) < 4.78 is 5.77. The molecule has 8 heteroatoms. The molecule has 7 nitrogen and oxygen atoms in total. The second-order valence-electron chi connectivity index (χ2n) is 7.69. The predicted octanol–water partition coefficient (Wildman–Crippen LogP) is 4.75. The molecule has 3 heterocycles. The molecule has 0 saturated heterocycles. The van der Waals surface area contributed by atoms with Crippen molar-refractivity contribution in [2.24, 2.45) is 0 Å². The fourth-order valence-electron chi connectivity index (χ4n) is 3.77. The third kappa shape index (κ3) is 3.74. The lowest BCUT2D eigenvalue weighted by Crippen LogP contribution is -2.30. The van der Waals surface area contributed by atoms with E-state index in [0.717, 1.165) is 21.2 Å². The first-order chi connectivity index (χ1) is 15.9. The highest BCUT2D eigenvalue weighted by molar-refractivity contribution is 7.09. The molecule has 0 fully saturated rings. The van der Waals surface area contributed by atoms with Gasteiger partial charge in [-0.1, -0.05) is 18.2 Å². The topological polar surface area (TPSA) is 92.5 Å². The van der Waals surface area contributed by atoms with Crippen LogP contribution in [0.3, 0.4) is 0 Å². The number of rotatable bonds is 5. The van der Waals surface area contributed by atoms with Gasteiger partial charge in [-0.25, -0.2) is 9.88 Å². The zero-order valence-corrected chi connectivity index (χ0v) is 18.7. The van der Waals surface area contributed by atoms with Crippen LogP contribution in [0.25, 0.3) is 11.5 Å². The molecule has 0 unspecified atom stereocenters. The Balaban J connectivity index is 1.32. The molecule has 3 amide bonds. The van der Waals surface area contributed by atoms with Crippen LogP contribution in [0.15, 0.2) is 64.4 Å². The van der Waals surface area contributed by atoms with Crippen molar-refractivity contribution in [3.05, 3.63) is 93.0 Å². The second kappa shape index (κ2) is 8.14. The van der Waals surface area contributed by atoms with E-state index < -0.39 is 11.8 Å². The number of carbonyl (C=O) groups is 3. The van der Waals surface area contributed by atoms with E-state index in [1.165, 1.54) is 23.5 Å². The number of amides is 3. The number of aryl methyl sites for hydroxylation is 2. The fourth-order valence-corrected chi connectivity index (χ4v) is 4.37. The van der Waals surface area contributed by atoms with Gasteiger partial charge in [0.25, 0.3) is 17.7 Å². The van der Waals surface area contributed by atoms with Crippen LogP contribution < -0.4 is 10.2 Å². The van der Waals surface area contributed by atoms with Crippen LogP contribution in [0.5, 0.6) is 0 Å². The molecule has 1 aliphatic heterocycles. The Morgan fingerprint density at radius 1 is 1.03 bits per heavy atom. The number of anilines is 1. The van der Waals surface area contributed by atoms with Crippen molar-refractivity contribution in [1.82, 2.24) is 10.3 Å². The Labute approximate surface area is 193 Å². The van der Waals surface area contributed by atoms with Crippen LogP contribution in [0.4, 0.5) is 5.69 Å². The Morgan fingerprint density at radius 3 is 2.58 bits per heavy atom. The molecule has 2 aromatic heterocycles. The molecular formula is C25H19N3O4S. The van der Waals surface area contributed by atoms with Gasteiger partial charge in [0.05, 0.1) is 28.4 Å². The second-order valence-corrected chi connectivity index (χ2v) is 8.76. The lowest BCUT2D eigenvalue weighted by molar-refractivity contribution is 0.0923. The van der Waals surface area contributed by atoms with Gasteiger partial charge in [-0.2, -0.15) is 0 Å². The van der Waals surface area contributed by atoms with Crippen molar-refractivity contribution < 1.29 is 18.8 Å². The number of aromatic nitrogens is 1. The number of nitrogens with zero attached hydrogens (tertiary/aromatic N) is 2. The number of imide groups is 1. The van der Waals surface area contributed by atoms with Crippen LogP contribution in [-0.4, -0.2) is 22.7 Å². The number of hydrogen-bond acceptors (Lipinski definition) is 6. The average molecular weight is 458 g/mol. The van der Waals surface area contributed by atoms with Crippen LogP contribution >= 0.6 is 11.3 Å². The minimum absolute atomic E-state index is 0.182. The molecule has 5 rings (SSSR count). The van der Waals surface area contributed by atoms with E-state index in [2.05, 4.69) is 10.3 Å². The monoisotopic (exact) mass is 457 g/mol. The number of thiazole rings is 1. The van der Waals surface area contributed by atoms with E-state index in [9.17, 15) is 14.4 Å². The summed E-state index contributed by atoms with van der Waals surface area (Å²) in [5.74, 6) is 0.0309. The molecular weight excluding hydrogens is 438 g/mol. The highest BCUT2D eigenvalue weighted by Gasteiger charge is 2.37. The highest BCUT2D eigenvalue weighted by atomic mass is 32.1. The number of benzene rings is 2. The maximum atomic E-state index is 13.0. The zero-order chi connectivity index (χ0) is 23.1. The highest BCUT2D eigenvalue weighted by Crippen LogP contribution is 2.31. The summed E-state index contributed by atoms with van der Waals surface area (Å²) in [5, 5.41) is 5.66. The van der Waals surface area contributed by atoms with Gasteiger partial charge in [-0.15, -0.1) is 11.3 Å². The quantitative estimate of drug-likeness (QED) is 0.437. The van der Waals surface area contributed by atoms with Gasteiger partial charge in [-0.05, 0) is 55.8 Å². The van der Waals surface area contributed by atoms with Crippen LogP contribution in [-0.2, 0) is 6.54 Å². The predicted molar refractivity (Wildman–Crippen MR) is 124 cm³/mol. The van der Waals surface area contributed by atoms with E-state index in [-0.39, 0.29) is 23.6 Å². The Hall–Kier alpha value is -4.04. The molecule has 0 aliphatic carbocycles. The van der Waals surface area contributed by atoms with E-state index in [4.69, 9.17) is 4.42 Å². The van der Waals surface area contributed by atoms with Crippen molar-refractivity contribution in [1.29, 1.82) is 0 Å². The number of nitrogens with one attached hydrogen (secondary N) is 1. The number of fused-ring (bicyclic) bond motifs is 1. The third-order valence-corrected chi connectivity index (χ3v) is 6.23. The van der Waals surface area contributed by atoms with Gasteiger partial charge >= 0.3 is 0 Å². The maximum absolute atomic E-state index is 13.0. The molecule has 4 aromatic rings.